The van der Waals surface area contributed by atoms with Crippen LogP contribution in [0.1, 0.15) is 0 Å². The molecule has 18 nitrogen and oxygen atoms in total. The number of amides is 1. The van der Waals surface area contributed by atoms with Gasteiger partial charge in [0.15, 0.2) is 23.7 Å². The molecular formula is C10H17N7O11S2. The number of carbonyl (C=O) groups is 1. The molecule has 0 aliphatic carbocycles. The molecule has 0 aromatic heterocycles. The van der Waals surface area contributed by atoms with Crippen molar-refractivity contribution >= 4 is 38.7 Å². The van der Waals surface area contributed by atoms with Gasteiger partial charge in [0.25, 0.3) is 0 Å². The molecule has 0 aromatic carbocycles. The third kappa shape index (κ3) is 3.68. The first-order valence-electron chi connectivity index (χ1n) is 7.81. The van der Waals surface area contributed by atoms with Crippen LogP contribution in [0.25, 0.3) is 0 Å². The van der Waals surface area contributed by atoms with Crippen LogP contribution in [0.3, 0.4) is 0 Å². The van der Waals surface area contributed by atoms with Crippen LogP contribution in [0.2, 0.25) is 0 Å². The van der Waals surface area contributed by atoms with E-state index in [-0.39, 0.29) is 5.96 Å². The second-order valence-electron chi connectivity index (χ2n) is 6.43. The Hall–Kier alpha value is -2.49. The third-order valence-electron chi connectivity index (χ3n) is 4.58. The quantitative estimate of drug-likeness (QED) is 0.136. The highest BCUT2D eigenvalue weighted by Gasteiger charge is 2.74. The average molecular weight is 475 g/mol. The van der Waals surface area contributed by atoms with Crippen molar-refractivity contribution in [3.8, 4) is 0 Å². The van der Waals surface area contributed by atoms with Crippen molar-refractivity contribution in [3.63, 3.8) is 0 Å². The van der Waals surface area contributed by atoms with E-state index < -0.39 is 75.5 Å². The summed E-state index contributed by atoms with van der Waals surface area (Å²) in [6.45, 7) is -1.31. The first kappa shape index (κ1) is 22.2. The molecule has 1 fully saturated rings. The van der Waals surface area contributed by atoms with Crippen LogP contribution >= 0.6 is 0 Å². The molecule has 0 unspecified atom stereocenters. The Bertz CT molecular complexity index is 1020. The van der Waals surface area contributed by atoms with Gasteiger partial charge < -0.3 is 36.6 Å². The van der Waals surface area contributed by atoms with E-state index in [0.717, 1.165) is 9.62 Å². The lowest BCUT2D eigenvalue weighted by atomic mass is 9.86. The molecule has 0 bridgehead atoms. The number of aliphatic hydroxyl groups is 2. The van der Waals surface area contributed by atoms with Gasteiger partial charge in [-0.3, -0.25) is 9.11 Å². The number of hydrogen-bond donors (Lipinski definition) is 8. The van der Waals surface area contributed by atoms with Gasteiger partial charge in [0.2, 0.25) is 5.79 Å². The van der Waals surface area contributed by atoms with E-state index in [0.29, 0.717) is 0 Å². The van der Waals surface area contributed by atoms with Gasteiger partial charge in [-0.05, 0) is 0 Å². The fourth-order valence-corrected chi connectivity index (χ4v) is 4.34. The van der Waals surface area contributed by atoms with Crippen LogP contribution in [0.15, 0.2) is 9.98 Å². The summed E-state index contributed by atoms with van der Waals surface area (Å²) >= 11 is 0. The maximum Gasteiger partial charge on any atom is 0.422 e. The lowest BCUT2D eigenvalue weighted by molar-refractivity contribution is -0.252. The van der Waals surface area contributed by atoms with Crippen LogP contribution in [-0.4, -0.2) is 102 Å². The minimum absolute atomic E-state index is 0.345. The highest BCUT2D eigenvalue weighted by molar-refractivity contribution is 7.84. The summed E-state index contributed by atoms with van der Waals surface area (Å²) < 4.78 is 71.1. The highest BCUT2D eigenvalue weighted by Crippen LogP contribution is 2.45. The van der Waals surface area contributed by atoms with Crippen molar-refractivity contribution in [2.45, 2.75) is 29.6 Å². The number of hydrogen-bond acceptors (Lipinski definition) is 15. The minimum Gasteiger partial charge on any atom is -0.446 e. The van der Waals surface area contributed by atoms with Gasteiger partial charge in [0.1, 0.15) is 18.7 Å². The Labute approximate surface area is 168 Å². The van der Waals surface area contributed by atoms with E-state index in [4.69, 9.17) is 20.6 Å². The summed E-state index contributed by atoms with van der Waals surface area (Å²) in [5.74, 6) is -3.84. The molecule has 3 rings (SSSR count). The summed E-state index contributed by atoms with van der Waals surface area (Å²) in [4.78, 5) is 20.4. The lowest BCUT2D eigenvalue weighted by Gasteiger charge is -2.48. The van der Waals surface area contributed by atoms with Gasteiger partial charge in [-0.25, -0.2) is 19.0 Å². The largest absolute Gasteiger partial charge is 0.446 e. The molecule has 0 radical (unpaired) electrons. The summed E-state index contributed by atoms with van der Waals surface area (Å²) in [6, 6.07) is -2.64. The molecule has 3 heterocycles. The van der Waals surface area contributed by atoms with E-state index in [9.17, 15) is 31.8 Å². The fourth-order valence-electron chi connectivity index (χ4n) is 3.58. The van der Waals surface area contributed by atoms with Crippen LogP contribution in [0.4, 0.5) is 4.79 Å². The van der Waals surface area contributed by atoms with Crippen LogP contribution in [0, 0.1) is 0 Å². The van der Waals surface area contributed by atoms with Crippen LogP contribution < -0.4 is 21.5 Å². The maximum atomic E-state index is 11.4. The third-order valence-corrected chi connectivity index (χ3v) is 5.48. The van der Waals surface area contributed by atoms with E-state index in [1.165, 1.54) is 0 Å². The van der Waals surface area contributed by atoms with Gasteiger partial charge in [-0.1, -0.05) is 0 Å². The predicted molar refractivity (Wildman–Crippen MR) is 93.0 cm³/mol. The normalized spacial score (nSPS) is 32.4. The van der Waals surface area contributed by atoms with Crippen molar-refractivity contribution in [1.29, 1.82) is 0 Å². The number of nitrogens with zero attached hydrogens (tertiary/aromatic N) is 3. The molecule has 1 saturated heterocycles. The van der Waals surface area contributed by atoms with Crippen molar-refractivity contribution in [2.24, 2.45) is 21.5 Å². The van der Waals surface area contributed by atoms with Crippen molar-refractivity contribution in [3.05, 3.63) is 0 Å². The maximum absolute atomic E-state index is 11.4. The number of aliphatic imine (C=N–C) groups is 2. The first-order valence-corrected chi connectivity index (χ1v) is 10.6. The van der Waals surface area contributed by atoms with Gasteiger partial charge in [0.05, 0.1) is 6.54 Å². The molecule has 3 aliphatic rings. The van der Waals surface area contributed by atoms with Crippen molar-refractivity contribution in [2.75, 3.05) is 13.2 Å². The lowest BCUT2D eigenvalue weighted by Crippen LogP contribution is -2.77. The Morgan fingerprint density at radius 1 is 1.27 bits per heavy atom. The topological polar surface area (TPSA) is 289 Å². The number of nitrogens with two attached hydrogens (primary N) is 2. The van der Waals surface area contributed by atoms with Crippen molar-refractivity contribution in [1.82, 2.24) is 14.9 Å². The van der Waals surface area contributed by atoms with Crippen LogP contribution in [-0.2, 0) is 29.6 Å². The molecule has 170 valence electrons. The van der Waals surface area contributed by atoms with Gasteiger partial charge in [-0.15, -0.1) is 0 Å². The fraction of sp³-hybridized carbons (Fsp3) is 0.700. The molecule has 3 aliphatic heterocycles. The molecule has 30 heavy (non-hydrogen) atoms. The Morgan fingerprint density at radius 3 is 2.47 bits per heavy atom. The van der Waals surface area contributed by atoms with E-state index in [2.05, 4.69) is 24.2 Å². The molecule has 0 saturated carbocycles. The van der Waals surface area contributed by atoms with Gasteiger partial charge in [-0.2, -0.15) is 21.6 Å². The zero-order valence-electron chi connectivity index (χ0n) is 14.6. The Kier molecular flexibility index (Phi) is 5.00. The number of ether oxygens (including phenoxy) is 1. The summed E-state index contributed by atoms with van der Waals surface area (Å²) in [5, 5.41) is 23.9. The number of carbonyl (C=O) groups excluding carboxylic acids is 1. The summed E-state index contributed by atoms with van der Waals surface area (Å²) in [5.41, 5.74) is 9.32. The molecule has 1 spiro atoms. The van der Waals surface area contributed by atoms with Gasteiger partial charge >= 0.3 is 26.8 Å². The zero-order valence-corrected chi connectivity index (χ0v) is 16.2. The van der Waals surface area contributed by atoms with Gasteiger partial charge in [0, 0.05) is 0 Å². The van der Waals surface area contributed by atoms with E-state index in [1.807, 2.05) is 0 Å². The number of nitrogens with one attached hydrogen (secondary N) is 2. The Balaban J connectivity index is 1.92. The second-order valence-corrected chi connectivity index (χ2v) is 8.63. The monoisotopic (exact) mass is 475 g/mol. The molecule has 10 N–H and O–H groups in total. The smallest absolute Gasteiger partial charge is 0.422 e. The average Bonchev–Trinajstić information content (AvgIpc) is 2.99. The highest BCUT2D eigenvalue weighted by atomic mass is 32.3. The number of rotatable bonds is 5. The van der Waals surface area contributed by atoms with E-state index in [1.54, 1.807) is 0 Å². The SMILES string of the molecule is NC1=N[C@H]2[C@H](COC(=O)NS(=O)(=O)O)N=C(N)N3C[C@@H](OS(=O)(=O)O)C(O)(O)[C@]23N1. The summed E-state index contributed by atoms with van der Waals surface area (Å²) in [6.07, 6.45) is -3.55. The second kappa shape index (κ2) is 6.76. The molecule has 0 aromatic rings. The van der Waals surface area contributed by atoms with E-state index >= 15 is 0 Å². The predicted octanol–water partition coefficient (Wildman–Crippen LogP) is -5.62. The molecule has 4 atom stereocenters. The number of guanidine groups is 2. The minimum atomic E-state index is -5.12. The van der Waals surface area contributed by atoms with Crippen LogP contribution in [0.5, 0.6) is 0 Å². The molecular weight excluding hydrogens is 458 g/mol. The standard InChI is InChI=1S/C10H17N7O11S2/c11-6-14-5-3(2-27-8(18)16-29(21,22)23)13-7(12)17-1-4(28-30(24,25)26)10(19,20)9(5,17)15-6/h3-5,19-20H,1-2H2,(H2,12,13)(H,16,18)(H3,11,14,15)(H,21,22,23)(H,24,25,26)/t3-,4+,5-,9-/m0/s1. The Morgan fingerprint density at radius 2 is 1.90 bits per heavy atom. The first-order chi connectivity index (χ1) is 13.6. The molecule has 20 heteroatoms. The van der Waals surface area contributed by atoms with Crippen molar-refractivity contribution < 1.29 is 49.9 Å². The molecule has 1 amide bonds. The zero-order chi connectivity index (χ0) is 22.7. The summed E-state index contributed by atoms with van der Waals surface area (Å²) in [7, 11) is -10.0.